The van der Waals surface area contributed by atoms with Crippen LogP contribution in [-0.4, -0.2) is 19.1 Å². The van der Waals surface area contributed by atoms with Gasteiger partial charge in [0.1, 0.15) is 0 Å². The average Bonchev–Trinajstić information content (AvgIpc) is 2.32. The first-order valence-corrected chi connectivity index (χ1v) is 5.51. The molecule has 0 amide bonds. The minimum atomic E-state index is 0.356. The van der Waals surface area contributed by atoms with Crippen molar-refractivity contribution in [3.05, 3.63) is 0 Å². The molecule has 13 heavy (non-hydrogen) atoms. The van der Waals surface area contributed by atoms with E-state index in [4.69, 9.17) is 5.73 Å². The molecular formula is C11H24N2. The number of rotatable bonds is 4. The van der Waals surface area contributed by atoms with Crippen LogP contribution in [0.3, 0.4) is 0 Å². The van der Waals surface area contributed by atoms with E-state index in [1.54, 1.807) is 0 Å². The molecule has 0 aliphatic heterocycles. The third-order valence-corrected chi connectivity index (χ3v) is 3.24. The van der Waals surface area contributed by atoms with Crippen molar-refractivity contribution in [2.24, 2.45) is 17.1 Å². The average molecular weight is 184 g/mol. The van der Waals surface area contributed by atoms with Crippen LogP contribution >= 0.6 is 0 Å². The highest BCUT2D eigenvalue weighted by Gasteiger charge is 2.35. The van der Waals surface area contributed by atoms with Gasteiger partial charge in [-0.3, -0.25) is 0 Å². The molecule has 78 valence electrons. The Balaban J connectivity index is 2.26. The molecule has 2 atom stereocenters. The lowest BCUT2D eigenvalue weighted by molar-refractivity contribution is 0.273. The van der Waals surface area contributed by atoms with Gasteiger partial charge in [-0.2, -0.15) is 0 Å². The molecule has 0 spiro atoms. The molecule has 2 unspecified atom stereocenters. The second-order valence-electron chi connectivity index (χ2n) is 5.18. The van der Waals surface area contributed by atoms with Crippen molar-refractivity contribution < 1.29 is 0 Å². The van der Waals surface area contributed by atoms with Crippen LogP contribution < -0.4 is 11.1 Å². The van der Waals surface area contributed by atoms with Crippen LogP contribution in [0, 0.1) is 11.3 Å². The van der Waals surface area contributed by atoms with E-state index < -0.39 is 0 Å². The fraction of sp³-hybridized carbons (Fsp3) is 1.00. The van der Waals surface area contributed by atoms with E-state index in [1.165, 1.54) is 19.3 Å². The van der Waals surface area contributed by atoms with Crippen LogP contribution in [0.5, 0.6) is 0 Å². The molecule has 0 aromatic carbocycles. The van der Waals surface area contributed by atoms with Crippen molar-refractivity contribution in [2.75, 3.05) is 13.1 Å². The fourth-order valence-electron chi connectivity index (χ4n) is 2.13. The zero-order valence-electron chi connectivity index (χ0n) is 9.27. The highest BCUT2D eigenvalue weighted by molar-refractivity contribution is 4.92. The van der Waals surface area contributed by atoms with Crippen LogP contribution in [0.15, 0.2) is 0 Å². The Morgan fingerprint density at radius 1 is 1.54 bits per heavy atom. The first kappa shape index (κ1) is 11.0. The second kappa shape index (κ2) is 4.43. The van der Waals surface area contributed by atoms with Gasteiger partial charge in [-0.15, -0.1) is 0 Å². The molecule has 1 aliphatic rings. The van der Waals surface area contributed by atoms with Gasteiger partial charge in [0.25, 0.3) is 0 Å². The quantitative estimate of drug-likeness (QED) is 0.698. The normalized spacial score (nSPS) is 34.4. The van der Waals surface area contributed by atoms with Gasteiger partial charge in [0.05, 0.1) is 0 Å². The largest absolute Gasteiger partial charge is 0.327 e. The Kier molecular flexibility index (Phi) is 3.74. The Bertz CT molecular complexity index is 156. The standard InChI is InChI=1S/C11H24N2/c1-9(2)7-13-8-11(3)6-4-5-10(11)12/h9-10,13H,4-8,12H2,1-3H3. The van der Waals surface area contributed by atoms with Crippen molar-refractivity contribution in [3.63, 3.8) is 0 Å². The van der Waals surface area contributed by atoms with E-state index in [9.17, 15) is 0 Å². The van der Waals surface area contributed by atoms with Gasteiger partial charge in [-0.05, 0) is 30.7 Å². The summed E-state index contributed by atoms with van der Waals surface area (Å²) in [6, 6.07) is 0.409. The van der Waals surface area contributed by atoms with Crippen LogP contribution in [0.2, 0.25) is 0 Å². The number of nitrogens with one attached hydrogen (secondary N) is 1. The summed E-state index contributed by atoms with van der Waals surface area (Å²) < 4.78 is 0. The number of hydrogen-bond acceptors (Lipinski definition) is 2. The van der Waals surface area contributed by atoms with Crippen molar-refractivity contribution in [1.82, 2.24) is 5.32 Å². The van der Waals surface area contributed by atoms with Crippen LogP contribution in [-0.2, 0) is 0 Å². The van der Waals surface area contributed by atoms with Gasteiger partial charge < -0.3 is 11.1 Å². The molecule has 0 radical (unpaired) electrons. The molecule has 0 aromatic rings. The summed E-state index contributed by atoms with van der Waals surface area (Å²) in [5.74, 6) is 0.737. The van der Waals surface area contributed by atoms with Gasteiger partial charge in [0, 0.05) is 12.6 Å². The Hall–Kier alpha value is -0.0800. The molecule has 1 fully saturated rings. The molecule has 2 nitrogen and oxygen atoms in total. The lowest BCUT2D eigenvalue weighted by Crippen LogP contribution is -2.43. The first-order chi connectivity index (χ1) is 6.04. The predicted molar refractivity (Wildman–Crippen MR) is 57.6 cm³/mol. The van der Waals surface area contributed by atoms with Crippen LogP contribution in [0.4, 0.5) is 0 Å². The van der Waals surface area contributed by atoms with Gasteiger partial charge in [-0.25, -0.2) is 0 Å². The lowest BCUT2D eigenvalue weighted by Gasteiger charge is -2.29. The maximum absolute atomic E-state index is 6.09. The van der Waals surface area contributed by atoms with E-state index in [0.717, 1.165) is 19.0 Å². The van der Waals surface area contributed by atoms with Crippen molar-refractivity contribution in [3.8, 4) is 0 Å². The smallest absolute Gasteiger partial charge is 0.0105 e. The Labute approximate surface area is 82.3 Å². The molecule has 1 rings (SSSR count). The van der Waals surface area contributed by atoms with E-state index in [1.807, 2.05) is 0 Å². The molecular weight excluding hydrogens is 160 g/mol. The molecule has 0 saturated heterocycles. The highest BCUT2D eigenvalue weighted by Crippen LogP contribution is 2.35. The molecule has 0 bridgehead atoms. The molecule has 3 N–H and O–H groups in total. The van der Waals surface area contributed by atoms with E-state index >= 15 is 0 Å². The number of hydrogen-bond donors (Lipinski definition) is 2. The zero-order valence-corrected chi connectivity index (χ0v) is 9.27. The third-order valence-electron chi connectivity index (χ3n) is 3.24. The molecule has 0 heterocycles. The lowest BCUT2D eigenvalue weighted by atomic mass is 9.85. The molecule has 0 aromatic heterocycles. The zero-order chi connectivity index (χ0) is 9.90. The summed E-state index contributed by atoms with van der Waals surface area (Å²) in [4.78, 5) is 0. The van der Waals surface area contributed by atoms with Crippen molar-refractivity contribution in [1.29, 1.82) is 0 Å². The summed E-state index contributed by atoms with van der Waals surface area (Å²) in [6.45, 7) is 9.00. The van der Waals surface area contributed by atoms with Crippen molar-refractivity contribution >= 4 is 0 Å². The van der Waals surface area contributed by atoms with Gasteiger partial charge in [0.15, 0.2) is 0 Å². The van der Waals surface area contributed by atoms with E-state index in [-0.39, 0.29) is 0 Å². The topological polar surface area (TPSA) is 38.0 Å². The summed E-state index contributed by atoms with van der Waals surface area (Å²) in [6.07, 6.45) is 3.81. The van der Waals surface area contributed by atoms with Crippen molar-refractivity contribution in [2.45, 2.75) is 46.1 Å². The minimum Gasteiger partial charge on any atom is -0.327 e. The predicted octanol–water partition coefficient (Wildman–Crippen LogP) is 1.75. The van der Waals surface area contributed by atoms with Gasteiger partial charge >= 0.3 is 0 Å². The number of nitrogens with two attached hydrogens (primary N) is 1. The van der Waals surface area contributed by atoms with E-state index in [2.05, 4.69) is 26.1 Å². The fourth-order valence-corrected chi connectivity index (χ4v) is 2.13. The first-order valence-electron chi connectivity index (χ1n) is 5.51. The van der Waals surface area contributed by atoms with Gasteiger partial charge in [0.2, 0.25) is 0 Å². The van der Waals surface area contributed by atoms with Crippen LogP contribution in [0.25, 0.3) is 0 Å². The Morgan fingerprint density at radius 2 is 2.23 bits per heavy atom. The van der Waals surface area contributed by atoms with Crippen LogP contribution in [0.1, 0.15) is 40.0 Å². The SMILES string of the molecule is CC(C)CNCC1(C)CCCC1N. The third kappa shape index (κ3) is 2.96. The Morgan fingerprint density at radius 3 is 2.69 bits per heavy atom. The summed E-state index contributed by atoms with van der Waals surface area (Å²) >= 11 is 0. The monoisotopic (exact) mass is 184 g/mol. The minimum absolute atomic E-state index is 0.356. The maximum atomic E-state index is 6.09. The van der Waals surface area contributed by atoms with E-state index in [0.29, 0.717) is 11.5 Å². The summed E-state index contributed by atoms with van der Waals surface area (Å²) in [5, 5.41) is 3.52. The van der Waals surface area contributed by atoms with Gasteiger partial charge in [-0.1, -0.05) is 27.2 Å². The highest BCUT2D eigenvalue weighted by atomic mass is 14.9. The molecule has 1 saturated carbocycles. The summed E-state index contributed by atoms with van der Waals surface area (Å²) in [5.41, 5.74) is 6.45. The summed E-state index contributed by atoms with van der Waals surface area (Å²) in [7, 11) is 0. The second-order valence-corrected chi connectivity index (χ2v) is 5.18. The molecule has 2 heteroatoms. The maximum Gasteiger partial charge on any atom is 0.0105 e. The molecule has 1 aliphatic carbocycles.